The van der Waals surface area contributed by atoms with Crippen LogP contribution >= 0.6 is 0 Å². The fourth-order valence-corrected chi connectivity index (χ4v) is 1.67. The first-order chi connectivity index (χ1) is 7.08. The van der Waals surface area contributed by atoms with Crippen LogP contribution in [0.1, 0.15) is 39.5 Å². The molecule has 0 aromatic heterocycles. The van der Waals surface area contributed by atoms with E-state index in [0.717, 1.165) is 31.4 Å². The van der Waals surface area contributed by atoms with Crippen LogP contribution in [0.4, 0.5) is 4.79 Å². The molecule has 0 heterocycles. The largest absolute Gasteiger partial charge is 0.465 e. The molecular weight excluding hydrogens is 196 g/mol. The summed E-state index contributed by atoms with van der Waals surface area (Å²) in [7, 11) is 0. The molecule has 5 nitrogen and oxygen atoms in total. The topological polar surface area (TPSA) is 70.9 Å². The lowest BCUT2D eigenvalue weighted by Crippen LogP contribution is -2.38. The Morgan fingerprint density at radius 2 is 1.93 bits per heavy atom. The summed E-state index contributed by atoms with van der Waals surface area (Å²) in [5.74, 6) is 0. The zero-order valence-corrected chi connectivity index (χ0v) is 9.19. The Hall–Kier alpha value is -1.26. The standard InChI is InChI=1S/C10H18N2O3/c1-7(2)12-15-9-5-3-8(4-6-9)11-10(13)14/h8-9,11H,3-6H2,1-2H3,(H,13,14). The molecular formula is C10H18N2O3. The molecule has 0 bridgehead atoms. The van der Waals surface area contributed by atoms with Crippen molar-refractivity contribution in [1.29, 1.82) is 0 Å². The average Bonchev–Trinajstić information content (AvgIpc) is 2.16. The van der Waals surface area contributed by atoms with Crippen LogP contribution in [-0.2, 0) is 4.84 Å². The molecule has 0 unspecified atom stereocenters. The monoisotopic (exact) mass is 214 g/mol. The number of hydrogen-bond acceptors (Lipinski definition) is 3. The van der Waals surface area contributed by atoms with Gasteiger partial charge in [-0.3, -0.25) is 0 Å². The van der Waals surface area contributed by atoms with E-state index >= 15 is 0 Å². The van der Waals surface area contributed by atoms with Crippen molar-refractivity contribution < 1.29 is 14.7 Å². The molecule has 0 radical (unpaired) electrons. The number of nitrogens with zero attached hydrogens (tertiary/aromatic N) is 1. The van der Waals surface area contributed by atoms with Gasteiger partial charge in [-0.2, -0.15) is 0 Å². The van der Waals surface area contributed by atoms with Crippen molar-refractivity contribution in [2.45, 2.75) is 51.7 Å². The molecule has 0 aliphatic heterocycles. The summed E-state index contributed by atoms with van der Waals surface area (Å²) in [4.78, 5) is 15.7. The lowest BCUT2D eigenvalue weighted by atomic mass is 9.93. The first kappa shape index (κ1) is 11.8. The number of nitrogens with one attached hydrogen (secondary N) is 1. The lowest BCUT2D eigenvalue weighted by Gasteiger charge is -2.26. The summed E-state index contributed by atoms with van der Waals surface area (Å²) in [5.41, 5.74) is 0.904. The summed E-state index contributed by atoms with van der Waals surface area (Å²) in [6.07, 6.45) is 2.59. The van der Waals surface area contributed by atoms with Crippen molar-refractivity contribution in [3.8, 4) is 0 Å². The van der Waals surface area contributed by atoms with E-state index in [1.165, 1.54) is 0 Å². The highest BCUT2D eigenvalue weighted by molar-refractivity contribution is 5.78. The maximum atomic E-state index is 10.4. The molecule has 1 aliphatic rings. The van der Waals surface area contributed by atoms with Gasteiger partial charge in [0.1, 0.15) is 6.10 Å². The summed E-state index contributed by atoms with van der Waals surface area (Å²) < 4.78 is 0. The molecule has 5 heteroatoms. The van der Waals surface area contributed by atoms with Crippen LogP contribution in [0.15, 0.2) is 5.16 Å². The van der Waals surface area contributed by atoms with Crippen molar-refractivity contribution in [2.75, 3.05) is 0 Å². The van der Waals surface area contributed by atoms with Gasteiger partial charge in [0.15, 0.2) is 0 Å². The van der Waals surface area contributed by atoms with Gasteiger partial charge < -0.3 is 15.3 Å². The second kappa shape index (κ2) is 5.58. The van der Waals surface area contributed by atoms with Crippen LogP contribution in [0.25, 0.3) is 0 Å². The second-order valence-corrected chi connectivity index (χ2v) is 4.07. The van der Waals surface area contributed by atoms with Gasteiger partial charge in [-0.25, -0.2) is 4.79 Å². The van der Waals surface area contributed by atoms with E-state index < -0.39 is 6.09 Å². The van der Waals surface area contributed by atoms with E-state index in [-0.39, 0.29) is 12.1 Å². The number of rotatable bonds is 3. The van der Waals surface area contributed by atoms with E-state index in [1.807, 2.05) is 13.8 Å². The van der Waals surface area contributed by atoms with E-state index in [4.69, 9.17) is 9.94 Å². The quantitative estimate of drug-likeness (QED) is 0.557. The number of oxime groups is 1. The summed E-state index contributed by atoms with van der Waals surface area (Å²) in [5, 5.41) is 15.0. The van der Waals surface area contributed by atoms with Gasteiger partial charge >= 0.3 is 6.09 Å². The Kier molecular flexibility index (Phi) is 4.39. The summed E-state index contributed by atoms with van der Waals surface area (Å²) >= 11 is 0. The van der Waals surface area contributed by atoms with Crippen LogP contribution in [-0.4, -0.2) is 29.1 Å². The van der Waals surface area contributed by atoms with Crippen LogP contribution < -0.4 is 5.32 Å². The van der Waals surface area contributed by atoms with Gasteiger partial charge in [0.05, 0.1) is 5.71 Å². The van der Waals surface area contributed by atoms with Gasteiger partial charge in [-0.15, -0.1) is 0 Å². The molecule has 1 saturated carbocycles. The predicted molar refractivity (Wildman–Crippen MR) is 57.1 cm³/mol. The number of amides is 1. The highest BCUT2D eigenvalue weighted by atomic mass is 16.6. The highest BCUT2D eigenvalue weighted by Crippen LogP contribution is 2.21. The number of carboxylic acid groups (broad SMARTS) is 1. The van der Waals surface area contributed by atoms with Crippen molar-refractivity contribution >= 4 is 11.8 Å². The molecule has 2 N–H and O–H groups in total. The zero-order chi connectivity index (χ0) is 11.3. The molecule has 1 amide bonds. The molecule has 1 fully saturated rings. The van der Waals surface area contributed by atoms with Crippen LogP contribution in [0, 0.1) is 0 Å². The smallest absolute Gasteiger partial charge is 0.404 e. The molecule has 1 aliphatic carbocycles. The second-order valence-electron chi connectivity index (χ2n) is 4.07. The van der Waals surface area contributed by atoms with Gasteiger partial charge in [0.25, 0.3) is 0 Å². The third-order valence-electron chi connectivity index (χ3n) is 2.39. The minimum absolute atomic E-state index is 0.0778. The Morgan fingerprint density at radius 3 is 2.40 bits per heavy atom. The first-order valence-electron chi connectivity index (χ1n) is 5.24. The molecule has 0 atom stereocenters. The Bertz CT molecular complexity index is 241. The minimum atomic E-state index is -0.943. The first-order valence-corrected chi connectivity index (χ1v) is 5.24. The van der Waals surface area contributed by atoms with Gasteiger partial charge in [-0.1, -0.05) is 5.16 Å². The molecule has 0 spiro atoms. The number of hydrogen-bond donors (Lipinski definition) is 2. The van der Waals surface area contributed by atoms with Crippen LogP contribution in [0.2, 0.25) is 0 Å². The van der Waals surface area contributed by atoms with E-state index in [0.29, 0.717) is 0 Å². The maximum absolute atomic E-state index is 10.4. The van der Waals surface area contributed by atoms with Gasteiger partial charge in [0.2, 0.25) is 0 Å². The van der Waals surface area contributed by atoms with Crippen molar-refractivity contribution in [3.05, 3.63) is 0 Å². The SMILES string of the molecule is CC(C)=NOC1CCC(NC(=O)O)CC1. The predicted octanol–water partition coefficient (Wildman–Crippen LogP) is 1.98. The Morgan fingerprint density at radius 1 is 1.33 bits per heavy atom. The zero-order valence-electron chi connectivity index (χ0n) is 9.19. The lowest BCUT2D eigenvalue weighted by molar-refractivity contribution is 0.0266. The van der Waals surface area contributed by atoms with Crippen LogP contribution in [0.3, 0.4) is 0 Å². The van der Waals surface area contributed by atoms with E-state index in [1.54, 1.807) is 0 Å². The summed E-state index contributed by atoms with van der Waals surface area (Å²) in [6, 6.07) is 0.0778. The third kappa shape index (κ3) is 4.67. The Balaban J connectivity index is 2.23. The molecule has 86 valence electrons. The molecule has 0 aromatic rings. The molecule has 15 heavy (non-hydrogen) atoms. The van der Waals surface area contributed by atoms with Gasteiger partial charge in [0, 0.05) is 6.04 Å². The van der Waals surface area contributed by atoms with E-state index in [9.17, 15) is 4.79 Å². The summed E-state index contributed by atoms with van der Waals surface area (Å²) in [6.45, 7) is 3.77. The molecule has 0 saturated heterocycles. The fourth-order valence-electron chi connectivity index (χ4n) is 1.67. The van der Waals surface area contributed by atoms with E-state index in [2.05, 4.69) is 10.5 Å². The Labute approximate surface area is 89.5 Å². The average molecular weight is 214 g/mol. The fraction of sp³-hybridized carbons (Fsp3) is 0.800. The van der Waals surface area contributed by atoms with Gasteiger partial charge in [-0.05, 0) is 39.5 Å². The van der Waals surface area contributed by atoms with Crippen molar-refractivity contribution in [2.24, 2.45) is 5.16 Å². The van der Waals surface area contributed by atoms with Crippen molar-refractivity contribution in [1.82, 2.24) is 5.32 Å². The highest BCUT2D eigenvalue weighted by Gasteiger charge is 2.23. The minimum Gasteiger partial charge on any atom is -0.465 e. The normalized spacial score (nSPS) is 25.5. The molecule has 1 rings (SSSR count). The third-order valence-corrected chi connectivity index (χ3v) is 2.39. The number of carbonyl (C=O) groups is 1. The molecule has 0 aromatic carbocycles. The van der Waals surface area contributed by atoms with Crippen LogP contribution in [0.5, 0.6) is 0 Å². The maximum Gasteiger partial charge on any atom is 0.404 e. The van der Waals surface area contributed by atoms with Crippen molar-refractivity contribution in [3.63, 3.8) is 0 Å².